The van der Waals surface area contributed by atoms with E-state index in [0.29, 0.717) is 6.61 Å². The van der Waals surface area contributed by atoms with Crippen molar-refractivity contribution < 1.29 is 9.66 Å². The predicted molar refractivity (Wildman–Crippen MR) is 71.0 cm³/mol. The van der Waals surface area contributed by atoms with Gasteiger partial charge in [-0.2, -0.15) is 0 Å². The van der Waals surface area contributed by atoms with E-state index < -0.39 is 0 Å². The highest BCUT2D eigenvalue weighted by Gasteiger charge is 2.22. The molecular formula is C15H13NO3. The third-order valence-corrected chi connectivity index (χ3v) is 3.40. The average molecular weight is 255 g/mol. The van der Waals surface area contributed by atoms with Crippen molar-refractivity contribution in [1.29, 1.82) is 0 Å². The van der Waals surface area contributed by atoms with Crippen molar-refractivity contribution in [3.63, 3.8) is 0 Å². The molecule has 0 amide bonds. The number of nitro benzene ring substituents is 1. The fourth-order valence-corrected chi connectivity index (χ4v) is 2.44. The molecule has 1 atom stereocenters. The summed E-state index contributed by atoms with van der Waals surface area (Å²) in [7, 11) is 0. The topological polar surface area (TPSA) is 52.4 Å². The van der Waals surface area contributed by atoms with Crippen molar-refractivity contribution in [3.05, 3.63) is 75.3 Å². The average Bonchev–Trinajstić information content (AvgIpc) is 2.47. The Morgan fingerprint density at radius 1 is 1.11 bits per heavy atom. The number of ether oxygens (including phenoxy) is 1. The molecule has 2 aromatic rings. The molecule has 0 spiro atoms. The molecule has 0 saturated heterocycles. The number of nitro groups is 1. The van der Waals surface area contributed by atoms with Crippen molar-refractivity contribution >= 4 is 5.69 Å². The van der Waals surface area contributed by atoms with Crippen LogP contribution in [0.4, 0.5) is 5.69 Å². The molecular weight excluding hydrogens is 242 g/mol. The molecule has 4 nitrogen and oxygen atoms in total. The maximum Gasteiger partial charge on any atom is 0.269 e. The quantitative estimate of drug-likeness (QED) is 0.611. The van der Waals surface area contributed by atoms with Crippen LogP contribution in [0.25, 0.3) is 0 Å². The van der Waals surface area contributed by atoms with Gasteiger partial charge in [-0.1, -0.05) is 24.3 Å². The Labute approximate surface area is 110 Å². The summed E-state index contributed by atoms with van der Waals surface area (Å²) >= 11 is 0. The molecule has 0 fully saturated rings. The molecule has 19 heavy (non-hydrogen) atoms. The van der Waals surface area contributed by atoms with E-state index in [1.165, 1.54) is 17.7 Å². The highest BCUT2D eigenvalue weighted by Crippen LogP contribution is 2.33. The van der Waals surface area contributed by atoms with Gasteiger partial charge in [-0.05, 0) is 35.2 Å². The number of non-ortho nitro benzene ring substituents is 1. The fraction of sp³-hybridized carbons (Fsp3) is 0.200. The fourth-order valence-electron chi connectivity index (χ4n) is 2.44. The van der Waals surface area contributed by atoms with Crippen LogP contribution in [0.1, 0.15) is 22.8 Å². The Kier molecular flexibility index (Phi) is 3.01. The Morgan fingerprint density at radius 2 is 1.84 bits per heavy atom. The molecule has 1 aliphatic heterocycles. The summed E-state index contributed by atoms with van der Waals surface area (Å²) in [6, 6.07) is 14.8. The Bertz CT molecular complexity index is 607. The van der Waals surface area contributed by atoms with E-state index in [-0.39, 0.29) is 16.7 Å². The lowest BCUT2D eigenvalue weighted by Gasteiger charge is -2.26. The summed E-state index contributed by atoms with van der Waals surface area (Å²) in [5, 5.41) is 10.7. The van der Waals surface area contributed by atoms with Gasteiger partial charge >= 0.3 is 0 Å². The van der Waals surface area contributed by atoms with E-state index in [1.807, 2.05) is 12.1 Å². The van der Waals surface area contributed by atoms with Gasteiger partial charge in [0.2, 0.25) is 0 Å². The van der Waals surface area contributed by atoms with Gasteiger partial charge in [0.15, 0.2) is 0 Å². The first-order valence-corrected chi connectivity index (χ1v) is 6.19. The molecule has 96 valence electrons. The normalized spacial score (nSPS) is 17.8. The molecule has 2 aromatic carbocycles. The third-order valence-electron chi connectivity index (χ3n) is 3.40. The SMILES string of the molecule is O=[N+]([O-])c1ccc(C2OCCc3ccccc32)cc1. The molecule has 0 N–H and O–H groups in total. The van der Waals surface area contributed by atoms with E-state index in [1.54, 1.807) is 12.1 Å². The maximum atomic E-state index is 10.7. The van der Waals surface area contributed by atoms with Gasteiger partial charge in [0.05, 0.1) is 11.5 Å². The zero-order chi connectivity index (χ0) is 13.2. The molecule has 0 aromatic heterocycles. The standard InChI is InChI=1S/C15H13NO3/c17-16(18)13-7-5-12(6-8-13)15-14-4-2-1-3-11(14)9-10-19-15/h1-8,15H,9-10H2. The number of nitrogens with zero attached hydrogens (tertiary/aromatic N) is 1. The molecule has 1 heterocycles. The van der Waals surface area contributed by atoms with Crippen molar-refractivity contribution in [2.75, 3.05) is 6.61 Å². The number of benzene rings is 2. The van der Waals surface area contributed by atoms with E-state index in [2.05, 4.69) is 12.1 Å². The van der Waals surface area contributed by atoms with Gasteiger partial charge in [-0.25, -0.2) is 0 Å². The van der Waals surface area contributed by atoms with E-state index in [9.17, 15) is 10.1 Å². The van der Waals surface area contributed by atoms with Gasteiger partial charge in [0.25, 0.3) is 5.69 Å². The molecule has 0 radical (unpaired) electrons. The van der Waals surface area contributed by atoms with E-state index in [4.69, 9.17) is 4.74 Å². The van der Waals surface area contributed by atoms with Crippen LogP contribution in [0.15, 0.2) is 48.5 Å². The van der Waals surface area contributed by atoms with Crippen LogP contribution in [0, 0.1) is 10.1 Å². The van der Waals surface area contributed by atoms with Crippen molar-refractivity contribution in [2.45, 2.75) is 12.5 Å². The minimum Gasteiger partial charge on any atom is -0.368 e. The molecule has 1 aliphatic rings. The van der Waals surface area contributed by atoms with Crippen LogP contribution >= 0.6 is 0 Å². The number of rotatable bonds is 2. The van der Waals surface area contributed by atoms with Gasteiger partial charge < -0.3 is 4.74 Å². The monoisotopic (exact) mass is 255 g/mol. The van der Waals surface area contributed by atoms with Crippen molar-refractivity contribution in [3.8, 4) is 0 Å². The van der Waals surface area contributed by atoms with Crippen LogP contribution in [0.2, 0.25) is 0 Å². The van der Waals surface area contributed by atoms with Crippen molar-refractivity contribution in [2.24, 2.45) is 0 Å². The van der Waals surface area contributed by atoms with Crippen LogP contribution in [0.5, 0.6) is 0 Å². The molecule has 0 aliphatic carbocycles. The van der Waals surface area contributed by atoms with Gasteiger partial charge in [-0.15, -0.1) is 0 Å². The second-order valence-corrected chi connectivity index (χ2v) is 4.55. The smallest absolute Gasteiger partial charge is 0.269 e. The van der Waals surface area contributed by atoms with Gasteiger partial charge in [0.1, 0.15) is 6.10 Å². The first kappa shape index (κ1) is 11.9. The summed E-state index contributed by atoms with van der Waals surface area (Å²) in [4.78, 5) is 10.3. The zero-order valence-electron chi connectivity index (χ0n) is 10.3. The lowest BCUT2D eigenvalue weighted by Crippen LogP contribution is -2.17. The Morgan fingerprint density at radius 3 is 2.58 bits per heavy atom. The lowest BCUT2D eigenvalue weighted by molar-refractivity contribution is -0.384. The largest absolute Gasteiger partial charge is 0.368 e. The summed E-state index contributed by atoms with van der Waals surface area (Å²) in [6.45, 7) is 0.679. The molecule has 0 saturated carbocycles. The molecule has 1 unspecified atom stereocenters. The van der Waals surface area contributed by atoms with Crippen LogP contribution < -0.4 is 0 Å². The van der Waals surface area contributed by atoms with E-state index in [0.717, 1.165) is 17.5 Å². The minimum absolute atomic E-state index is 0.104. The first-order valence-electron chi connectivity index (χ1n) is 6.19. The first-order chi connectivity index (χ1) is 9.25. The predicted octanol–water partition coefficient (Wildman–Crippen LogP) is 3.26. The number of hydrogen-bond donors (Lipinski definition) is 0. The maximum absolute atomic E-state index is 10.7. The van der Waals surface area contributed by atoms with E-state index >= 15 is 0 Å². The number of hydrogen-bond acceptors (Lipinski definition) is 3. The Hall–Kier alpha value is -2.20. The van der Waals surface area contributed by atoms with Crippen LogP contribution in [-0.2, 0) is 11.2 Å². The second-order valence-electron chi connectivity index (χ2n) is 4.55. The molecule has 0 bridgehead atoms. The Balaban J connectivity index is 1.97. The van der Waals surface area contributed by atoms with Crippen molar-refractivity contribution in [1.82, 2.24) is 0 Å². The molecule has 4 heteroatoms. The van der Waals surface area contributed by atoms with Gasteiger partial charge in [-0.3, -0.25) is 10.1 Å². The van der Waals surface area contributed by atoms with Crippen LogP contribution in [0.3, 0.4) is 0 Å². The summed E-state index contributed by atoms with van der Waals surface area (Å²) in [5.41, 5.74) is 3.50. The lowest BCUT2D eigenvalue weighted by atomic mass is 9.93. The number of fused-ring (bicyclic) bond motifs is 1. The zero-order valence-corrected chi connectivity index (χ0v) is 10.3. The third kappa shape index (κ3) is 2.22. The summed E-state index contributed by atoms with van der Waals surface area (Å²) < 4.78 is 5.82. The second kappa shape index (κ2) is 4.82. The highest BCUT2D eigenvalue weighted by molar-refractivity contribution is 5.41. The summed E-state index contributed by atoms with van der Waals surface area (Å²) in [6.07, 6.45) is 0.797. The van der Waals surface area contributed by atoms with Gasteiger partial charge in [0, 0.05) is 12.1 Å². The highest BCUT2D eigenvalue weighted by atomic mass is 16.6. The summed E-state index contributed by atoms with van der Waals surface area (Å²) in [5.74, 6) is 0. The molecule has 3 rings (SSSR count). The minimum atomic E-state index is -0.389. The van der Waals surface area contributed by atoms with Crippen LogP contribution in [-0.4, -0.2) is 11.5 Å².